The molecular formula is C13H15N3O2S. The van der Waals surface area contributed by atoms with Crippen LogP contribution < -0.4 is 9.47 Å². The molecule has 2 aromatic rings. The van der Waals surface area contributed by atoms with Crippen LogP contribution in [-0.2, 0) is 6.54 Å². The molecule has 19 heavy (non-hydrogen) atoms. The Hall–Kier alpha value is -1.82. The molecule has 0 atom stereocenters. The summed E-state index contributed by atoms with van der Waals surface area (Å²) in [5.41, 5.74) is 0.915. The Balaban J connectivity index is 2.15. The molecule has 0 saturated carbocycles. The number of benzene rings is 1. The van der Waals surface area contributed by atoms with Crippen molar-refractivity contribution >= 4 is 12.2 Å². The minimum absolute atomic E-state index is 0.558. The number of aromatic amines is 1. The summed E-state index contributed by atoms with van der Waals surface area (Å²) in [5, 5.41) is 7.17. The van der Waals surface area contributed by atoms with Gasteiger partial charge in [0.1, 0.15) is 13.2 Å². The third kappa shape index (κ3) is 2.12. The number of ether oxygens (including phenoxy) is 2. The Kier molecular flexibility index (Phi) is 3.25. The van der Waals surface area contributed by atoms with Crippen molar-refractivity contribution in [1.82, 2.24) is 14.8 Å². The molecule has 0 bridgehead atoms. The molecule has 100 valence electrons. The minimum atomic E-state index is 0.558. The highest BCUT2D eigenvalue weighted by Gasteiger charge is 2.20. The highest BCUT2D eigenvalue weighted by Crippen LogP contribution is 2.39. The first-order chi connectivity index (χ1) is 9.31. The van der Waals surface area contributed by atoms with Crippen LogP contribution in [0.2, 0.25) is 0 Å². The fourth-order valence-electron chi connectivity index (χ4n) is 2.20. The molecule has 1 N–H and O–H groups in total. The van der Waals surface area contributed by atoms with Gasteiger partial charge in [-0.2, -0.15) is 5.10 Å². The van der Waals surface area contributed by atoms with Crippen LogP contribution in [0.25, 0.3) is 11.4 Å². The third-order valence-corrected chi connectivity index (χ3v) is 3.32. The van der Waals surface area contributed by atoms with Crippen LogP contribution in [0.4, 0.5) is 0 Å². The lowest BCUT2D eigenvalue weighted by atomic mass is 10.1. The van der Waals surface area contributed by atoms with E-state index in [4.69, 9.17) is 21.7 Å². The van der Waals surface area contributed by atoms with Crippen LogP contribution in [0.5, 0.6) is 11.5 Å². The normalized spacial score (nSPS) is 13.5. The fraction of sp³-hybridized carbons (Fsp3) is 0.385. The SMILES string of the molecule is CCCn1c(-c2cccc3c2OCCO3)n[nH]c1=S. The maximum absolute atomic E-state index is 5.73. The Morgan fingerprint density at radius 2 is 2.21 bits per heavy atom. The van der Waals surface area contributed by atoms with Gasteiger partial charge in [-0.1, -0.05) is 13.0 Å². The molecule has 0 aliphatic carbocycles. The highest BCUT2D eigenvalue weighted by atomic mass is 32.1. The zero-order valence-electron chi connectivity index (χ0n) is 10.7. The Morgan fingerprint density at radius 1 is 1.37 bits per heavy atom. The van der Waals surface area contributed by atoms with Gasteiger partial charge in [-0.15, -0.1) is 0 Å². The van der Waals surface area contributed by atoms with E-state index in [9.17, 15) is 0 Å². The molecule has 0 saturated heterocycles. The second kappa shape index (κ2) is 5.05. The predicted molar refractivity (Wildman–Crippen MR) is 74.1 cm³/mol. The van der Waals surface area contributed by atoms with Gasteiger partial charge in [0, 0.05) is 6.54 Å². The largest absolute Gasteiger partial charge is 0.486 e. The Morgan fingerprint density at radius 3 is 3.05 bits per heavy atom. The van der Waals surface area contributed by atoms with E-state index in [1.165, 1.54) is 0 Å². The maximum Gasteiger partial charge on any atom is 0.195 e. The lowest BCUT2D eigenvalue weighted by molar-refractivity contribution is 0.172. The smallest absolute Gasteiger partial charge is 0.195 e. The molecule has 0 fully saturated rings. The second-order valence-electron chi connectivity index (χ2n) is 4.33. The zero-order chi connectivity index (χ0) is 13.2. The third-order valence-electron chi connectivity index (χ3n) is 3.01. The number of hydrogen-bond donors (Lipinski definition) is 1. The first-order valence-corrected chi connectivity index (χ1v) is 6.76. The van der Waals surface area contributed by atoms with E-state index in [0.717, 1.165) is 35.9 Å². The van der Waals surface area contributed by atoms with E-state index in [1.807, 2.05) is 22.8 Å². The number of nitrogens with zero attached hydrogens (tertiary/aromatic N) is 2. The van der Waals surface area contributed by atoms with Gasteiger partial charge in [0.25, 0.3) is 0 Å². The van der Waals surface area contributed by atoms with Crippen molar-refractivity contribution in [2.24, 2.45) is 0 Å². The average Bonchev–Trinajstić information content (AvgIpc) is 2.80. The lowest BCUT2D eigenvalue weighted by Crippen LogP contribution is -2.16. The van der Waals surface area contributed by atoms with Crippen molar-refractivity contribution in [1.29, 1.82) is 0 Å². The first-order valence-electron chi connectivity index (χ1n) is 6.35. The van der Waals surface area contributed by atoms with E-state index in [0.29, 0.717) is 18.0 Å². The van der Waals surface area contributed by atoms with E-state index in [1.54, 1.807) is 0 Å². The maximum atomic E-state index is 5.73. The molecule has 1 aliphatic heterocycles. The van der Waals surface area contributed by atoms with Gasteiger partial charge in [-0.05, 0) is 30.8 Å². The molecule has 0 unspecified atom stereocenters. The lowest BCUT2D eigenvalue weighted by Gasteiger charge is -2.20. The van der Waals surface area contributed by atoms with Crippen LogP contribution >= 0.6 is 12.2 Å². The molecule has 1 aromatic heterocycles. The molecule has 0 radical (unpaired) electrons. The van der Waals surface area contributed by atoms with Crippen molar-refractivity contribution in [2.45, 2.75) is 19.9 Å². The molecule has 2 heterocycles. The van der Waals surface area contributed by atoms with Gasteiger partial charge >= 0.3 is 0 Å². The number of hydrogen-bond acceptors (Lipinski definition) is 4. The number of fused-ring (bicyclic) bond motifs is 1. The predicted octanol–water partition coefficient (Wildman–Crippen LogP) is 2.79. The Labute approximate surface area is 116 Å². The summed E-state index contributed by atoms with van der Waals surface area (Å²) in [7, 11) is 0. The molecule has 0 spiro atoms. The fourth-order valence-corrected chi connectivity index (χ4v) is 2.43. The highest BCUT2D eigenvalue weighted by molar-refractivity contribution is 7.71. The van der Waals surface area contributed by atoms with Crippen molar-refractivity contribution in [3.8, 4) is 22.9 Å². The summed E-state index contributed by atoms with van der Waals surface area (Å²) >= 11 is 5.27. The monoisotopic (exact) mass is 277 g/mol. The summed E-state index contributed by atoms with van der Waals surface area (Å²) in [6.07, 6.45) is 0.993. The van der Waals surface area contributed by atoms with Gasteiger partial charge < -0.3 is 14.0 Å². The van der Waals surface area contributed by atoms with Crippen LogP contribution in [0, 0.1) is 4.77 Å². The number of H-pyrrole nitrogens is 1. The quantitative estimate of drug-likeness (QED) is 0.877. The molecule has 5 nitrogen and oxygen atoms in total. The van der Waals surface area contributed by atoms with Crippen molar-refractivity contribution in [2.75, 3.05) is 13.2 Å². The van der Waals surface area contributed by atoms with Crippen molar-refractivity contribution < 1.29 is 9.47 Å². The summed E-state index contributed by atoms with van der Waals surface area (Å²) in [5.74, 6) is 2.31. The molecule has 6 heteroatoms. The zero-order valence-corrected chi connectivity index (χ0v) is 11.5. The van der Waals surface area contributed by atoms with Crippen LogP contribution in [0.15, 0.2) is 18.2 Å². The van der Waals surface area contributed by atoms with Crippen LogP contribution in [-0.4, -0.2) is 28.0 Å². The molecule has 3 rings (SSSR count). The number of para-hydroxylation sites is 1. The first kappa shape index (κ1) is 12.2. The van der Waals surface area contributed by atoms with Crippen LogP contribution in [0.3, 0.4) is 0 Å². The molecule has 1 aliphatic rings. The van der Waals surface area contributed by atoms with Crippen molar-refractivity contribution in [3.63, 3.8) is 0 Å². The topological polar surface area (TPSA) is 52.1 Å². The summed E-state index contributed by atoms with van der Waals surface area (Å²) in [6.45, 7) is 4.08. The van der Waals surface area contributed by atoms with Gasteiger partial charge in [0.05, 0.1) is 5.56 Å². The number of rotatable bonds is 3. The summed E-state index contributed by atoms with van der Waals surface area (Å²) in [4.78, 5) is 0. The number of aromatic nitrogens is 3. The van der Waals surface area contributed by atoms with E-state index in [2.05, 4.69) is 17.1 Å². The molecular weight excluding hydrogens is 262 g/mol. The second-order valence-corrected chi connectivity index (χ2v) is 4.72. The Bertz CT molecular complexity index is 648. The van der Waals surface area contributed by atoms with Gasteiger partial charge in [-0.25, -0.2) is 0 Å². The van der Waals surface area contributed by atoms with Gasteiger partial charge in [-0.3, -0.25) is 5.10 Å². The standard InChI is InChI=1S/C13H15N3O2S/c1-2-6-16-12(14-15-13(16)19)9-4-3-5-10-11(9)18-8-7-17-10/h3-5H,2,6-8H2,1H3,(H,15,19). The van der Waals surface area contributed by atoms with Gasteiger partial charge in [0.15, 0.2) is 22.1 Å². The number of nitrogens with one attached hydrogen (secondary N) is 1. The van der Waals surface area contributed by atoms with E-state index < -0.39 is 0 Å². The average molecular weight is 277 g/mol. The van der Waals surface area contributed by atoms with E-state index >= 15 is 0 Å². The van der Waals surface area contributed by atoms with Crippen molar-refractivity contribution in [3.05, 3.63) is 23.0 Å². The summed E-state index contributed by atoms with van der Waals surface area (Å²) in [6, 6.07) is 5.82. The van der Waals surface area contributed by atoms with Crippen LogP contribution in [0.1, 0.15) is 13.3 Å². The molecule has 0 amide bonds. The molecule has 1 aromatic carbocycles. The summed E-state index contributed by atoms with van der Waals surface area (Å²) < 4.78 is 13.9. The minimum Gasteiger partial charge on any atom is -0.486 e. The van der Waals surface area contributed by atoms with Gasteiger partial charge in [0.2, 0.25) is 0 Å². The van der Waals surface area contributed by atoms with E-state index in [-0.39, 0.29) is 0 Å².